The fourth-order valence-electron chi connectivity index (χ4n) is 2.38. The van der Waals surface area contributed by atoms with Crippen LogP contribution in [0.5, 0.6) is 0 Å². The number of amides is 1. The number of carbonyl (C=O) groups is 1. The van der Waals surface area contributed by atoms with Crippen molar-refractivity contribution in [3.05, 3.63) is 80.3 Å². The first-order chi connectivity index (χ1) is 11.5. The minimum atomic E-state index is -0.429. The highest BCUT2D eigenvalue weighted by molar-refractivity contribution is 6.42. The lowest BCUT2D eigenvalue weighted by Gasteiger charge is -2.18. The summed E-state index contributed by atoms with van der Waals surface area (Å²) in [4.78, 5) is 30.6. The van der Waals surface area contributed by atoms with Crippen molar-refractivity contribution in [3.63, 3.8) is 0 Å². The van der Waals surface area contributed by atoms with Gasteiger partial charge in [0.25, 0.3) is 11.5 Å². The Morgan fingerprint density at radius 2 is 2.00 bits per heavy atom. The van der Waals surface area contributed by atoms with Gasteiger partial charge in [0.1, 0.15) is 11.2 Å². The number of benzene rings is 1. The van der Waals surface area contributed by atoms with Crippen LogP contribution in [0.2, 0.25) is 10.0 Å². The maximum absolute atomic E-state index is 12.6. The Morgan fingerprint density at radius 1 is 1.21 bits per heavy atom. The van der Waals surface area contributed by atoms with Crippen LogP contribution in [0.3, 0.4) is 0 Å². The Hall–Kier alpha value is -2.37. The van der Waals surface area contributed by atoms with Crippen LogP contribution in [0.25, 0.3) is 5.65 Å². The summed E-state index contributed by atoms with van der Waals surface area (Å²) in [5.41, 5.74) is 0.780. The summed E-state index contributed by atoms with van der Waals surface area (Å²) in [5.74, 6) is -0.429. The highest BCUT2D eigenvalue weighted by atomic mass is 35.5. The van der Waals surface area contributed by atoms with Gasteiger partial charge in [0.2, 0.25) is 0 Å². The highest BCUT2D eigenvalue weighted by Gasteiger charge is 2.18. The second-order valence-corrected chi connectivity index (χ2v) is 6.07. The summed E-state index contributed by atoms with van der Waals surface area (Å²) in [6.07, 6.45) is 2.88. The van der Waals surface area contributed by atoms with Crippen molar-refractivity contribution in [2.45, 2.75) is 6.54 Å². The van der Waals surface area contributed by atoms with E-state index in [1.54, 1.807) is 49.6 Å². The Labute approximate surface area is 148 Å². The monoisotopic (exact) mass is 361 g/mol. The Bertz CT molecular complexity index is 985. The normalized spacial score (nSPS) is 10.8. The number of rotatable bonds is 3. The molecule has 0 aliphatic heterocycles. The van der Waals surface area contributed by atoms with Crippen LogP contribution in [-0.4, -0.2) is 27.2 Å². The maximum atomic E-state index is 12.6. The van der Waals surface area contributed by atoms with E-state index in [1.165, 1.54) is 15.5 Å². The molecular weight excluding hydrogens is 349 g/mol. The molecule has 122 valence electrons. The molecule has 0 aliphatic carbocycles. The predicted octanol–water partition coefficient (Wildman–Crippen LogP) is 3.27. The average Bonchev–Trinajstić information content (AvgIpc) is 2.59. The van der Waals surface area contributed by atoms with Gasteiger partial charge < -0.3 is 4.90 Å². The van der Waals surface area contributed by atoms with Crippen LogP contribution in [0.4, 0.5) is 0 Å². The summed E-state index contributed by atoms with van der Waals surface area (Å²) in [6, 6.07) is 10.4. The van der Waals surface area contributed by atoms with Gasteiger partial charge in [-0.05, 0) is 23.8 Å². The first-order valence-corrected chi connectivity index (χ1v) is 7.89. The summed E-state index contributed by atoms with van der Waals surface area (Å²) < 4.78 is 1.34. The van der Waals surface area contributed by atoms with Crippen molar-refractivity contribution in [1.29, 1.82) is 0 Å². The molecule has 2 aromatic heterocycles. The largest absolute Gasteiger partial charge is 0.337 e. The zero-order chi connectivity index (χ0) is 17.3. The molecule has 1 amide bonds. The number of hydrogen-bond acceptors (Lipinski definition) is 3. The van der Waals surface area contributed by atoms with Gasteiger partial charge in [0.05, 0.1) is 10.0 Å². The van der Waals surface area contributed by atoms with E-state index in [0.29, 0.717) is 21.3 Å². The van der Waals surface area contributed by atoms with Crippen molar-refractivity contribution in [3.8, 4) is 0 Å². The molecule has 5 nitrogen and oxygen atoms in total. The molecule has 0 atom stereocenters. The number of hydrogen-bond donors (Lipinski definition) is 0. The minimum absolute atomic E-state index is 0.000601. The van der Waals surface area contributed by atoms with Crippen LogP contribution >= 0.6 is 23.2 Å². The standard InChI is InChI=1S/C17H13Cl2N3O2/c1-21(10-11-5-4-6-13(18)15(11)19)16(23)12-9-20-14-7-2-3-8-22(14)17(12)24/h2-9H,10H2,1H3. The van der Waals surface area contributed by atoms with E-state index in [4.69, 9.17) is 23.2 Å². The second kappa shape index (κ2) is 6.63. The number of nitrogens with zero attached hydrogens (tertiary/aromatic N) is 3. The molecule has 1 aromatic carbocycles. The summed E-state index contributed by atoms with van der Waals surface area (Å²) in [6.45, 7) is 0.231. The topological polar surface area (TPSA) is 54.7 Å². The molecule has 0 saturated heterocycles. The van der Waals surface area contributed by atoms with E-state index < -0.39 is 11.5 Å². The van der Waals surface area contributed by atoms with Gasteiger partial charge in [-0.25, -0.2) is 4.98 Å². The van der Waals surface area contributed by atoms with E-state index in [2.05, 4.69) is 4.98 Å². The quantitative estimate of drug-likeness (QED) is 0.719. The molecule has 7 heteroatoms. The van der Waals surface area contributed by atoms with Crippen LogP contribution in [0.15, 0.2) is 53.6 Å². The van der Waals surface area contributed by atoms with Gasteiger partial charge in [-0.2, -0.15) is 0 Å². The molecular formula is C17H13Cl2N3O2. The first-order valence-electron chi connectivity index (χ1n) is 7.14. The van der Waals surface area contributed by atoms with E-state index in [-0.39, 0.29) is 12.1 Å². The zero-order valence-electron chi connectivity index (χ0n) is 12.7. The maximum Gasteiger partial charge on any atom is 0.270 e. The van der Waals surface area contributed by atoms with Crippen LogP contribution in [0, 0.1) is 0 Å². The van der Waals surface area contributed by atoms with Crippen molar-refractivity contribution in [2.75, 3.05) is 7.05 Å². The third-order valence-corrected chi connectivity index (χ3v) is 4.49. The molecule has 3 aromatic rings. The van der Waals surface area contributed by atoms with E-state index in [9.17, 15) is 9.59 Å². The van der Waals surface area contributed by atoms with Crippen LogP contribution in [0.1, 0.15) is 15.9 Å². The van der Waals surface area contributed by atoms with Crippen LogP contribution in [-0.2, 0) is 6.54 Å². The summed E-state index contributed by atoms with van der Waals surface area (Å²) >= 11 is 12.1. The Balaban J connectivity index is 1.93. The fraction of sp³-hybridized carbons (Fsp3) is 0.118. The molecule has 3 rings (SSSR count). The molecule has 0 unspecified atom stereocenters. The minimum Gasteiger partial charge on any atom is -0.337 e. The smallest absolute Gasteiger partial charge is 0.270 e. The number of carbonyl (C=O) groups excluding carboxylic acids is 1. The summed E-state index contributed by atoms with van der Waals surface area (Å²) in [5, 5.41) is 0.814. The Kier molecular flexibility index (Phi) is 4.55. The fourth-order valence-corrected chi connectivity index (χ4v) is 2.76. The van der Waals surface area contributed by atoms with Gasteiger partial charge in [0.15, 0.2) is 0 Å². The highest BCUT2D eigenvalue weighted by Crippen LogP contribution is 2.26. The van der Waals surface area contributed by atoms with Gasteiger partial charge in [-0.1, -0.05) is 41.4 Å². The van der Waals surface area contributed by atoms with E-state index in [0.717, 1.165) is 0 Å². The SMILES string of the molecule is CN(Cc1cccc(Cl)c1Cl)C(=O)c1cnc2ccccn2c1=O. The van der Waals surface area contributed by atoms with Gasteiger partial charge in [-0.15, -0.1) is 0 Å². The molecule has 2 heterocycles. The molecule has 24 heavy (non-hydrogen) atoms. The lowest BCUT2D eigenvalue weighted by Crippen LogP contribution is -2.33. The molecule has 0 fully saturated rings. The van der Waals surface area contributed by atoms with E-state index in [1.807, 2.05) is 0 Å². The van der Waals surface area contributed by atoms with Crippen molar-refractivity contribution in [2.24, 2.45) is 0 Å². The molecule has 0 bridgehead atoms. The number of aromatic nitrogens is 2. The third kappa shape index (κ3) is 3.00. The number of pyridine rings is 1. The second-order valence-electron chi connectivity index (χ2n) is 5.28. The number of halogens is 2. The van der Waals surface area contributed by atoms with Crippen molar-refractivity contribution >= 4 is 34.8 Å². The lowest BCUT2D eigenvalue weighted by molar-refractivity contribution is 0.0783. The van der Waals surface area contributed by atoms with Gasteiger partial charge in [0, 0.05) is 26.0 Å². The Morgan fingerprint density at radius 3 is 2.79 bits per heavy atom. The van der Waals surface area contributed by atoms with Gasteiger partial charge in [-0.3, -0.25) is 14.0 Å². The average molecular weight is 362 g/mol. The molecule has 0 spiro atoms. The molecule has 0 saturated carbocycles. The zero-order valence-corrected chi connectivity index (χ0v) is 14.3. The third-order valence-electron chi connectivity index (χ3n) is 3.63. The van der Waals surface area contributed by atoms with Gasteiger partial charge >= 0.3 is 0 Å². The predicted molar refractivity (Wildman–Crippen MR) is 93.7 cm³/mol. The lowest BCUT2D eigenvalue weighted by atomic mass is 10.2. The van der Waals surface area contributed by atoms with Crippen molar-refractivity contribution < 1.29 is 4.79 Å². The van der Waals surface area contributed by atoms with E-state index >= 15 is 0 Å². The number of fused-ring (bicyclic) bond motifs is 1. The molecule has 0 radical (unpaired) electrons. The summed E-state index contributed by atoms with van der Waals surface area (Å²) in [7, 11) is 1.60. The van der Waals surface area contributed by atoms with Crippen LogP contribution < -0.4 is 5.56 Å². The molecule has 0 N–H and O–H groups in total. The first kappa shape index (κ1) is 16.5. The molecule has 0 aliphatic rings. The van der Waals surface area contributed by atoms with Crippen molar-refractivity contribution in [1.82, 2.24) is 14.3 Å².